The van der Waals surface area contributed by atoms with Crippen molar-refractivity contribution in [2.75, 3.05) is 11.4 Å². The molecule has 2 rings (SSSR count). The van der Waals surface area contributed by atoms with Crippen LogP contribution < -0.4 is 4.90 Å². The average molecular weight is 320 g/mol. The van der Waals surface area contributed by atoms with E-state index < -0.39 is 5.41 Å². The molecular weight excluding hydrogens is 301 g/mol. The van der Waals surface area contributed by atoms with Gasteiger partial charge in [-0.15, -0.1) is 0 Å². The van der Waals surface area contributed by atoms with Crippen LogP contribution in [0, 0.1) is 21.3 Å². The van der Waals surface area contributed by atoms with E-state index in [2.05, 4.69) is 18.8 Å². The molecule has 4 heteroatoms. The molecule has 0 saturated carbocycles. The van der Waals surface area contributed by atoms with Gasteiger partial charge in [0, 0.05) is 18.2 Å². The molecule has 3 nitrogen and oxygen atoms in total. The summed E-state index contributed by atoms with van der Waals surface area (Å²) < 4.78 is 0. The van der Waals surface area contributed by atoms with Crippen LogP contribution in [0.5, 0.6) is 0 Å². The van der Waals surface area contributed by atoms with E-state index in [4.69, 9.17) is 0 Å². The molecule has 0 radical (unpaired) electrons. The zero-order chi connectivity index (χ0) is 11.8. The molecule has 0 unspecified atom stereocenters. The number of carbonyl (C=O) groups excluding carboxylic acids is 1. The first kappa shape index (κ1) is 17.7. The number of pyridine rings is 1. The quantitative estimate of drug-likeness (QED) is 0.802. The van der Waals surface area contributed by atoms with Gasteiger partial charge in [0.25, 0.3) is 0 Å². The predicted octanol–water partition coefficient (Wildman–Crippen LogP) is 2.58. The first-order chi connectivity index (χ1) is 7.71. The molecule has 0 aromatic carbocycles. The SMILES string of the molecule is [CH2-]CC1(C[CH2-])C(=O)N(CC)c2cccnc21.[CH3-].[Y+3]. The van der Waals surface area contributed by atoms with Gasteiger partial charge < -0.3 is 26.2 Å². The van der Waals surface area contributed by atoms with Crippen molar-refractivity contribution in [2.45, 2.75) is 25.2 Å². The molecule has 0 N–H and O–H groups in total. The van der Waals surface area contributed by atoms with Crippen molar-refractivity contribution in [3.05, 3.63) is 45.3 Å². The Bertz CT molecular complexity index is 416. The van der Waals surface area contributed by atoms with Crippen molar-refractivity contribution in [1.29, 1.82) is 0 Å². The summed E-state index contributed by atoms with van der Waals surface area (Å²) in [5.41, 5.74) is 1.15. The Morgan fingerprint density at radius 2 is 2.00 bits per heavy atom. The summed E-state index contributed by atoms with van der Waals surface area (Å²) >= 11 is 0. The van der Waals surface area contributed by atoms with Gasteiger partial charge in [-0.1, -0.05) is 0 Å². The second-order valence-corrected chi connectivity index (χ2v) is 4.00. The number of fused-ring (bicyclic) bond motifs is 1. The fourth-order valence-electron chi connectivity index (χ4n) is 2.34. The molecule has 0 saturated heterocycles. The number of nitrogens with zero attached hydrogens (tertiary/aromatic N) is 2. The van der Waals surface area contributed by atoms with Gasteiger partial charge in [0.15, 0.2) is 0 Å². The average Bonchev–Trinajstić information content (AvgIpc) is 2.58. The maximum atomic E-state index is 12.4. The normalized spacial score (nSPS) is 15.7. The second kappa shape index (κ2) is 6.76. The first-order valence-corrected chi connectivity index (χ1v) is 5.57. The monoisotopic (exact) mass is 320 g/mol. The molecule has 0 aliphatic carbocycles. The van der Waals surface area contributed by atoms with E-state index in [0.29, 0.717) is 19.4 Å². The molecule has 18 heavy (non-hydrogen) atoms. The summed E-state index contributed by atoms with van der Waals surface area (Å²) in [5.74, 6) is 0.0914. The van der Waals surface area contributed by atoms with Crippen LogP contribution in [-0.2, 0) is 42.9 Å². The van der Waals surface area contributed by atoms with Gasteiger partial charge in [0.2, 0.25) is 5.91 Å². The summed E-state index contributed by atoms with van der Waals surface area (Å²) in [6.45, 7) is 10.4. The van der Waals surface area contributed by atoms with Crippen molar-refractivity contribution in [3.63, 3.8) is 0 Å². The van der Waals surface area contributed by atoms with Crippen molar-refractivity contribution in [1.82, 2.24) is 4.98 Å². The molecule has 94 valence electrons. The van der Waals surface area contributed by atoms with Gasteiger partial charge in [0.05, 0.1) is 11.4 Å². The minimum atomic E-state index is -0.605. The molecule has 0 fully saturated rings. The Morgan fingerprint density at radius 3 is 2.50 bits per heavy atom. The fourth-order valence-corrected chi connectivity index (χ4v) is 2.34. The summed E-state index contributed by atoms with van der Waals surface area (Å²) in [4.78, 5) is 18.5. The minimum absolute atomic E-state index is 0. The number of anilines is 1. The third-order valence-electron chi connectivity index (χ3n) is 3.35. The standard InChI is InChI=1S/C13H16N2O.CH3.Y/c1-4-13(5-2)11-10(8-7-9-14-11)15(6-3)12(13)16;;/h7-9H,1-2,4-6H2,3H3;1H3;/q-2;-1;+3. The van der Waals surface area contributed by atoms with E-state index >= 15 is 0 Å². The van der Waals surface area contributed by atoms with E-state index in [0.717, 1.165) is 11.4 Å². The minimum Gasteiger partial charge on any atom is -0.358 e. The van der Waals surface area contributed by atoms with Crippen LogP contribution in [0.25, 0.3) is 0 Å². The summed E-state index contributed by atoms with van der Waals surface area (Å²) in [6.07, 6.45) is 2.75. The molecule has 0 spiro atoms. The predicted molar refractivity (Wildman–Crippen MR) is 70.3 cm³/mol. The van der Waals surface area contributed by atoms with E-state index in [1.165, 1.54) is 0 Å². The first-order valence-electron chi connectivity index (χ1n) is 5.57. The van der Waals surface area contributed by atoms with Crippen LogP contribution in [-0.4, -0.2) is 17.4 Å². The Balaban J connectivity index is 0.00000144. The van der Waals surface area contributed by atoms with Crippen molar-refractivity contribution in [2.24, 2.45) is 0 Å². The van der Waals surface area contributed by atoms with Crippen LogP contribution >= 0.6 is 0 Å². The second-order valence-electron chi connectivity index (χ2n) is 4.00. The Hall–Kier alpha value is -0.276. The Kier molecular flexibility index (Phi) is 6.66. The maximum absolute atomic E-state index is 12.4. The van der Waals surface area contributed by atoms with Gasteiger partial charge in [-0.05, 0) is 19.1 Å². The van der Waals surface area contributed by atoms with E-state index in [1.807, 2.05) is 19.1 Å². The number of amides is 1. The molecule has 1 amide bonds. The fraction of sp³-hybridized carbons (Fsp3) is 0.357. The smallest absolute Gasteiger partial charge is 0.358 e. The van der Waals surface area contributed by atoms with Gasteiger partial charge in [-0.2, -0.15) is 12.8 Å². The zero-order valence-electron chi connectivity index (χ0n) is 11.1. The number of carbonyl (C=O) groups is 1. The van der Waals surface area contributed by atoms with Crippen molar-refractivity contribution < 1.29 is 37.5 Å². The van der Waals surface area contributed by atoms with Crippen LogP contribution in [0.2, 0.25) is 0 Å². The van der Waals surface area contributed by atoms with Crippen molar-refractivity contribution >= 4 is 11.6 Å². The molecule has 0 atom stereocenters. The van der Waals surface area contributed by atoms with Crippen LogP contribution in [0.3, 0.4) is 0 Å². The largest absolute Gasteiger partial charge is 3.00 e. The molecule has 1 aromatic heterocycles. The van der Waals surface area contributed by atoms with Crippen LogP contribution in [0.4, 0.5) is 5.69 Å². The number of rotatable bonds is 3. The summed E-state index contributed by atoms with van der Waals surface area (Å²) in [6, 6.07) is 3.80. The molecule has 2 heterocycles. The van der Waals surface area contributed by atoms with E-state index in [1.54, 1.807) is 11.1 Å². The number of hydrogen-bond donors (Lipinski definition) is 0. The van der Waals surface area contributed by atoms with Crippen molar-refractivity contribution in [3.8, 4) is 0 Å². The summed E-state index contributed by atoms with van der Waals surface area (Å²) in [7, 11) is 0. The topological polar surface area (TPSA) is 33.2 Å². The van der Waals surface area contributed by atoms with Gasteiger partial charge in [-0.25, -0.2) is 0 Å². The third-order valence-corrected chi connectivity index (χ3v) is 3.35. The molecule has 0 bridgehead atoms. The molecule has 1 aliphatic rings. The zero-order valence-corrected chi connectivity index (χ0v) is 14.0. The molecule has 1 aliphatic heterocycles. The van der Waals surface area contributed by atoms with Crippen LogP contribution in [0.1, 0.15) is 25.5 Å². The van der Waals surface area contributed by atoms with Gasteiger partial charge in [-0.3, -0.25) is 9.78 Å². The van der Waals surface area contributed by atoms with Gasteiger partial charge in [0.1, 0.15) is 0 Å². The third kappa shape index (κ3) is 2.27. The molecular formula is C14H19N2OY. The number of hydrogen-bond acceptors (Lipinski definition) is 2. The number of likely N-dealkylation sites (N-methyl/N-ethyl adjacent to an activating group) is 1. The Morgan fingerprint density at radius 1 is 1.39 bits per heavy atom. The number of aromatic nitrogens is 1. The van der Waals surface area contributed by atoms with E-state index in [9.17, 15) is 4.79 Å². The van der Waals surface area contributed by atoms with E-state index in [-0.39, 0.29) is 46.0 Å². The summed E-state index contributed by atoms with van der Waals surface area (Å²) in [5, 5.41) is 0. The van der Waals surface area contributed by atoms with Crippen LogP contribution in [0.15, 0.2) is 18.3 Å². The maximum Gasteiger partial charge on any atom is 3.00 e. The van der Waals surface area contributed by atoms with Gasteiger partial charge >= 0.3 is 32.7 Å². The Labute approximate surface area is 135 Å². The molecule has 1 aromatic rings.